The van der Waals surface area contributed by atoms with Crippen LogP contribution < -0.4 is 11.1 Å². The van der Waals surface area contributed by atoms with Crippen LogP contribution in [0.1, 0.15) is 18.9 Å². The van der Waals surface area contributed by atoms with Crippen molar-refractivity contribution in [2.45, 2.75) is 25.9 Å². The van der Waals surface area contributed by atoms with Gasteiger partial charge in [0.2, 0.25) is 5.91 Å². The number of hydrogen-bond donors (Lipinski definition) is 2. The lowest BCUT2D eigenvalue weighted by molar-refractivity contribution is -0.384. The number of hydrogen-bond acceptors (Lipinski definition) is 5. The third kappa shape index (κ3) is 3.24. The van der Waals surface area contributed by atoms with Crippen LogP contribution in [-0.2, 0) is 11.3 Å². The molecule has 7 heteroatoms. The first-order valence-corrected chi connectivity index (χ1v) is 6.48. The molecule has 1 amide bonds. The second kappa shape index (κ2) is 5.87. The molecule has 2 rings (SSSR count). The minimum Gasteiger partial charge on any atom is -0.393 e. The number of amides is 1. The third-order valence-electron chi connectivity index (χ3n) is 3.44. The van der Waals surface area contributed by atoms with Gasteiger partial charge < -0.3 is 11.1 Å². The highest BCUT2D eigenvalue weighted by molar-refractivity contribution is 5.73. The second-order valence-electron chi connectivity index (χ2n) is 5.03. The lowest BCUT2D eigenvalue weighted by atomic mass is 10.1. The molecule has 1 heterocycles. The first-order valence-electron chi connectivity index (χ1n) is 6.48. The number of anilines is 1. The highest BCUT2D eigenvalue weighted by Gasteiger charge is 2.24. The molecular weight excluding hydrogens is 260 g/mol. The van der Waals surface area contributed by atoms with Crippen LogP contribution in [-0.4, -0.2) is 34.9 Å². The van der Waals surface area contributed by atoms with Gasteiger partial charge in [-0.25, -0.2) is 0 Å². The van der Waals surface area contributed by atoms with E-state index in [4.69, 9.17) is 5.73 Å². The lowest BCUT2D eigenvalue weighted by Crippen LogP contribution is -2.35. The maximum Gasteiger partial charge on any atom is 0.292 e. The monoisotopic (exact) mass is 278 g/mol. The van der Waals surface area contributed by atoms with Crippen LogP contribution in [0, 0.1) is 10.1 Å². The average molecular weight is 278 g/mol. The Kier molecular flexibility index (Phi) is 4.19. The van der Waals surface area contributed by atoms with E-state index < -0.39 is 4.92 Å². The summed E-state index contributed by atoms with van der Waals surface area (Å²) in [7, 11) is 0. The summed E-state index contributed by atoms with van der Waals surface area (Å²) in [5.74, 6) is -0.0355. The fraction of sp³-hybridized carbons (Fsp3) is 0.462. The zero-order valence-corrected chi connectivity index (χ0v) is 11.3. The first-order chi connectivity index (χ1) is 9.47. The number of nitrogens with two attached hydrogens (primary N) is 1. The Labute approximate surface area is 116 Å². The van der Waals surface area contributed by atoms with Crippen molar-refractivity contribution in [2.24, 2.45) is 0 Å². The number of nitro groups is 1. The molecule has 0 radical (unpaired) electrons. The molecule has 1 aromatic rings. The first kappa shape index (κ1) is 14.3. The van der Waals surface area contributed by atoms with E-state index >= 15 is 0 Å². The highest BCUT2D eigenvalue weighted by atomic mass is 16.6. The number of carbonyl (C=O) groups is 1. The molecule has 20 heavy (non-hydrogen) atoms. The number of carbonyl (C=O) groups excluding carboxylic acids is 1. The van der Waals surface area contributed by atoms with E-state index in [1.54, 1.807) is 12.1 Å². The number of nitro benzene ring substituents is 1. The van der Waals surface area contributed by atoms with Gasteiger partial charge in [-0.05, 0) is 12.0 Å². The van der Waals surface area contributed by atoms with Gasteiger partial charge >= 0.3 is 0 Å². The number of rotatable bonds is 4. The third-order valence-corrected chi connectivity index (χ3v) is 3.44. The minimum absolute atomic E-state index is 0.0355. The van der Waals surface area contributed by atoms with Crippen LogP contribution in [0.4, 0.5) is 11.4 Å². The van der Waals surface area contributed by atoms with Gasteiger partial charge in [-0.15, -0.1) is 0 Å². The molecule has 1 fully saturated rings. The van der Waals surface area contributed by atoms with Crippen LogP contribution in [0.2, 0.25) is 0 Å². The quantitative estimate of drug-likeness (QED) is 0.484. The summed E-state index contributed by atoms with van der Waals surface area (Å²) in [5, 5.41) is 13.7. The molecule has 108 valence electrons. The molecular formula is C13H18N4O3. The van der Waals surface area contributed by atoms with Crippen LogP contribution in [0.5, 0.6) is 0 Å². The van der Waals surface area contributed by atoms with Crippen molar-refractivity contribution in [3.8, 4) is 0 Å². The van der Waals surface area contributed by atoms with E-state index in [-0.39, 0.29) is 23.3 Å². The smallest absolute Gasteiger partial charge is 0.292 e. The van der Waals surface area contributed by atoms with Gasteiger partial charge in [0, 0.05) is 38.7 Å². The molecule has 0 aromatic heterocycles. The summed E-state index contributed by atoms with van der Waals surface area (Å²) >= 11 is 0. The second-order valence-corrected chi connectivity index (χ2v) is 5.03. The highest BCUT2D eigenvalue weighted by Crippen LogP contribution is 2.26. The van der Waals surface area contributed by atoms with Gasteiger partial charge in [-0.2, -0.15) is 0 Å². The van der Waals surface area contributed by atoms with Gasteiger partial charge in [-0.3, -0.25) is 19.8 Å². The Morgan fingerprint density at radius 1 is 1.60 bits per heavy atom. The van der Waals surface area contributed by atoms with Crippen molar-refractivity contribution < 1.29 is 9.72 Å². The maximum atomic E-state index is 11.0. The summed E-state index contributed by atoms with van der Waals surface area (Å²) in [4.78, 5) is 23.5. The Bertz CT molecular complexity index is 532. The van der Waals surface area contributed by atoms with E-state index in [9.17, 15) is 14.9 Å². The van der Waals surface area contributed by atoms with Crippen molar-refractivity contribution >= 4 is 17.3 Å². The number of benzene rings is 1. The van der Waals surface area contributed by atoms with Gasteiger partial charge in [0.05, 0.1) is 4.92 Å². The average Bonchev–Trinajstić information content (AvgIpc) is 2.78. The summed E-state index contributed by atoms with van der Waals surface area (Å²) in [5.41, 5.74) is 6.76. The van der Waals surface area contributed by atoms with Crippen LogP contribution in [0.25, 0.3) is 0 Å². The number of likely N-dealkylation sites (tertiary alicyclic amines) is 1. The predicted octanol–water partition coefficient (Wildman–Crippen LogP) is 0.887. The molecule has 0 spiro atoms. The number of nitrogens with zero attached hydrogens (tertiary/aromatic N) is 2. The van der Waals surface area contributed by atoms with E-state index in [0.717, 1.165) is 25.1 Å². The fourth-order valence-corrected chi connectivity index (χ4v) is 2.52. The standard InChI is InChI=1S/C13H18N4O3/c1-9(18)15-11-5-6-16(8-11)7-10-3-2-4-12(13(10)14)17(19)20/h2-4,11H,5-8,14H2,1H3,(H,15,18). The Morgan fingerprint density at radius 2 is 2.35 bits per heavy atom. The predicted molar refractivity (Wildman–Crippen MR) is 75.0 cm³/mol. The summed E-state index contributed by atoms with van der Waals surface area (Å²) in [6.07, 6.45) is 0.883. The fourth-order valence-electron chi connectivity index (χ4n) is 2.52. The topological polar surface area (TPSA) is 102 Å². The van der Waals surface area contributed by atoms with Gasteiger partial charge in [0.1, 0.15) is 5.69 Å². The van der Waals surface area contributed by atoms with Crippen molar-refractivity contribution in [1.29, 1.82) is 0 Å². The van der Waals surface area contributed by atoms with Crippen molar-refractivity contribution in [3.63, 3.8) is 0 Å². The maximum absolute atomic E-state index is 11.0. The van der Waals surface area contributed by atoms with E-state index in [2.05, 4.69) is 10.2 Å². The number of nitrogens with one attached hydrogen (secondary N) is 1. The molecule has 1 aliphatic heterocycles. The summed E-state index contributed by atoms with van der Waals surface area (Å²) in [6, 6.07) is 5.00. The molecule has 0 saturated carbocycles. The normalized spacial score (nSPS) is 18.9. The van der Waals surface area contributed by atoms with Gasteiger partial charge in [0.25, 0.3) is 5.69 Å². The molecule has 1 aromatic carbocycles. The van der Waals surface area contributed by atoms with Gasteiger partial charge in [-0.1, -0.05) is 12.1 Å². The molecule has 1 aliphatic rings. The Balaban J connectivity index is 2.03. The minimum atomic E-state index is -0.469. The molecule has 0 aliphatic carbocycles. The number of para-hydroxylation sites is 1. The van der Waals surface area contributed by atoms with Gasteiger partial charge in [0.15, 0.2) is 0 Å². The summed E-state index contributed by atoms with van der Waals surface area (Å²) in [6.45, 7) is 3.64. The van der Waals surface area contributed by atoms with Crippen LogP contribution >= 0.6 is 0 Å². The largest absolute Gasteiger partial charge is 0.393 e. The van der Waals surface area contributed by atoms with E-state index in [0.29, 0.717) is 6.54 Å². The lowest BCUT2D eigenvalue weighted by Gasteiger charge is -2.17. The molecule has 1 saturated heterocycles. The molecule has 0 bridgehead atoms. The molecule has 7 nitrogen and oxygen atoms in total. The Hall–Kier alpha value is -2.15. The van der Waals surface area contributed by atoms with E-state index in [1.165, 1.54) is 13.0 Å². The molecule has 1 atom stereocenters. The van der Waals surface area contributed by atoms with Crippen molar-refractivity contribution in [3.05, 3.63) is 33.9 Å². The zero-order valence-electron chi connectivity index (χ0n) is 11.3. The SMILES string of the molecule is CC(=O)NC1CCN(Cc2cccc([N+](=O)[O-])c2N)C1. The molecule has 3 N–H and O–H groups in total. The summed E-state index contributed by atoms with van der Waals surface area (Å²) < 4.78 is 0. The molecule has 1 unspecified atom stereocenters. The zero-order chi connectivity index (χ0) is 14.7. The van der Waals surface area contributed by atoms with Crippen molar-refractivity contribution in [1.82, 2.24) is 10.2 Å². The van der Waals surface area contributed by atoms with Crippen molar-refractivity contribution in [2.75, 3.05) is 18.8 Å². The number of nitrogen functional groups attached to an aromatic ring is 1. The van der Waals surface area contributed by atoms with E-state index in [1.807, 2.05) is 0 Å². The Morgan fingerprint density at radius 3 is 3.00 bits per heavy atom. The van der Waals surface area contributed by atoms with Crippen LogP contribution in [0.15, 0.2) is 18.2 Å². The van der Waals surface area contributed by atoms with Crippen LogP contribution in [0.3, 0.4) is 0 Å².